The molecule has 2 N–H and O–H groups in total. The Morgan fingerprint density at radius 1 is 1.25 bits per heavy atom. The molecule has 0 aliphatic heterocycles. The van der Waals surface area contributed by atoms with Gasteiger partial charge in [-0.15, -0.1) is 0 Å². The molecule has 0 heterocycles. The maximum Gasteiger partial charge on any atom is 0.250 e. The highest BCUT2D eigenvalue weighted by atomic mass is 19.3. The van der Waals surface area contributed by atoms with Gasteiger partial charge in [0.05, 0.1) is 12.6 Å². The van der Waals surface area contributed by atoms with Crippen molar-refractivity contribution in [1.82, 2.24) is 5.32 Å². The Kier molecular flexibility index (Phi) is 6.20. The number of rotatable bonds is 6. The summed E-state index contributed by atoms with van der Waals surface area (Å²) >= 11 is 0. The Morgan fingerprint density at radius 3 is 2.25 bits per heavy atom. The first-order chi connectivity index (χ1) is 5.52. The zero-order valence-electron chi connectivity index (χ0n) is 7.56. The maximum atomic E-state index is 11.6. The Bertz CT molecular complexity index is 109. The lowest BCUT2D eigenvalue weighted by atomic mass is 10.1. The van der Waals surface area contributed by atoms with Gasteiger partial charge in [-0.25, -0.2) is 8.78 Å². The van der Waals surface area contributed by atoms with Crippen LogP contribution in [0.1, 0.15) is 20.3 Å². The van der Waals surface area contributed by atoms with Gasteiger partial charge in [0, 0.05) is 6.54 Å². The van der Waals surface area contributed by atoms with Crippen molar-refractivity contribution in [3.05, 3.63) is 0 Å². The van der Waals surface area contributed by atoms with Gasteiger partial charge in [0.2, 0.25) is 0 Å². The molecule has 0 bridgehead atoms. The SMILES string of the molecule is CC(C)CC(O)CNCC(F)F. The quantitative estimate of drug-likeness (QED) is 0.646. The fourth-order valence-corrected chi connectivity index (χ4v) is 0.987. The average Bonchev–Trinajstić information content (AvgIpc) is 1.84. The van der Waals surface area contributed by atoms with Crippen molar-refractivity contribution in [3.8, 4) is 0 Å². The normalized spacial score (nSPS) is 14.2. The third-order valence-electron chi connectivity index (χ3n) is 1.42. The zero-order valence-corrected chi connectivity index (χ0v) is 7.56. The molecule has 0 aliphatic carbocycles. The third-order valence-corrected chi connectivity index (χ3v) is 1.42. The Labute approximate surface area is 72.0 Å². The lowest BCUT2D eigenvalue weighted by Gasteiger charge is -2.13. The maximum absolute atomic E-state index is 11.6. The van der Waals surface area contributed by atoms with Crippen LogP contribution in [0.15, 0.2) is 0 Å². The summed E-state index contributed by atoms with van der Waals surface area (Å²) < 4.78 is 23.2. The van der Waals surface area contributed by atoms with Crippen molar-refractivity contribution in [3.63, 3.8) is 0 Å². The molecular formula is C8H17F2NO. The van der Waals surface area contributed by atoms with Gasteiger partial charge in [-0.1, -0.05) is 13.8 Å². The van der Waals surface area contributed by atoms with Crippen LogP contribution in [0.25, 0.3) is 0 Å². The Hall–Kier alpha value is -0.220. The van der Waals surface area contributed by atoms with E-state index in [0.29, 0.717) is 12.3 Å². The third kappa shape index (κ3) is 7.88. The van der Waals surface area contributed by atoms with Crippen LogP contribution < -0.4 is 5.32 Å². The number of aliphatic hydroxyl groups is 1. The summed E-state index contributed by atoms with van der Waals surface area (Å²) in [6.45, 7) is 3.88. The first-order valence-electron chi connectivity index (χ1n) is 4.19. The summed E-state index contributed by atoms with van der Waals surface area (Å²) in [6.07, 6.45) is -2.20. The highest BCUT2D eigenvalue weighted by Crippen LogP contribution is 2.03. The van der Waals surface area contributed by atoms with E-state index in [-0.39, 0.29) is 13.1 Å². The summed E-state index contributed by atoms with van der Waals surface area (Å²) in [5.74, 6) is 0.397. The van der Waals surface area contributed by atoms with E-state index in [0.717, 1.165) is 0 Å². The number of alkyl halides is 2. The second kappa shape index (κ2) is 6.31. The minimum atomic E-state index is -2.34. The van der Waals surface area contributed by atoms with Crippen molar-refractivity contribution in [2.45, 2.75) is 32.8 Å². The molecule has 0 rings (SSSR count). The monoisotopic (exact) mass is 181 g/mol. The van der Waals surface area contributed by atoms with Crippen LogP contribution in [0.2, 0.25) is 0 Å². The van der Waals surface area contributed by atoms with E-state index in [2.05, 4.69) is 5.32 Å². The molecule has 2 nitrogen and oxygen atoms in total. The highest BCUT2D eigenvalue weighted by Gasteiger charge is 2.07. The van der Waals surface area contributed by atoms with E-state index in [4.69, 9.17) is 0 Å². The fourth-order valence-electron chi connectivity index (χ4n) is 0.987. The van der Waals surface area contributed by atoms with Crippen LogP contribution in [-0.4, -0.2) is 30.7 Å². The smallest absolute Gasteiger partial charge is 0.250 e. The van der Waals surface area contributed by atoms with Crippen molar-refractivity contribution >= 4 is 0 Å². The average molecular weight is 181 g/mol. The van der Waals surface area contributed by atoms with Gasteiger partial charge in [0.1, 0.15) is 0 Å². The minimum absolute atomic E-state index is 0.252. The minimum Gasteiger partial charge on any atom is -0.392 e. The molecule has 1 unspecified atom stereocenters. The molecule has 0 spiro atoms. The zero-order chi connectivity index (χ0) is 9.56. The standard InChI is InChI=1S/C8H17F2NO/c1-6(2)3-7(12)4-11-5-8(9)10/h6-8,11-12H,3-5H2,1-2H3. The summed E-state index contributed by atoms with van der Waals surface area (Å²) in [6, 6.07) is 0. The Morgan fingerprint density at radius 2 is 1.83 bits per heavy atom. The van der Waals surface area contributed by atoms with Crippen LogP contribution in [0.3, 0.4) is 0 Å². The van der Waals surface area contributed by atoms with E-state index < -0.39 is 12.5 Å². The molecule has 0 aromatic heterocycles. The highest BCUT2D eigenvalue weighted by molar-refractivity contribution is 4.61. The molecule has 0 aliphatic rings. The van der Waals surface area contributed by atoms with Gasteiger partial charge in [-0.05, 0) is 12.3 Å². The molecule has 0 saturated heterocycles. The first-order valence-corrected chi connectivity index (χ1v) is 4.19. The van der Waals surface area contributed by atoms with Gasteiger partial charge in [0.25, 0.3) is 6.43 Å². The van der Waals surface area contributed by atoms with Gasteiger partial charge < -0.3 is 10.4 Å². The lowest BCUT2D eigenvalue weighted by Crippen LogP contribution is -2.31. The summed E-state index contributed by atoms with van der Waals surface area (Å²) in [4.78, 5) is 0. The number of hydrogen-bond acceptors (Lipinski definition) is 2. The Balaban J connectivity index is 3.25. The van der Waals surface area contributed by atoms with Crippen molar-refractivity contribution < 1.29 is 13.9 Å². The first kappa shape index (κ1) is 11.8. The number of aliphatic hydroxyl groups excluding tert-OH is 1. The van der Waals surface area contributed by atoms with Crippen LogP contribution in [0.5, 0.6) is 0 Å². The molecule has 0 radical (unpaired) electrons. The molecule has 4 heteroatoms. The van der Waals surface area contributed by atoms with E-state index in [9.17, 15) is 13.9 Å². The molecular weight excluding hydrogens is 164 g/mol. The molecule has 0 aromatic rings. The second-order valence-electron chi connectivity index (χ2n) is 3.33. The number of hydrogen-bond donors (Lipinski definition) is 2. The predicted octanol–water partition coefficient (Wildman–Crippen LogP) is 1.25. The van der Waals surface area contributed by atoms with Crippen LogP contribution in [-0.2, 0) is 0 Å². The van der Waals surface area contributed by atoms with Gasteiger partial charge in [-0.2, -0.15) is 0 Å². The number of nitrogens with one attached hydrogen (secondary N) is 1. The molecule has 0 aromatic carbocycles. The van der Waals surface area contributed by atoms with Crippen molar-refractivity contribution in [2.24, 2.45) is 5.92 Å². The number of halogens is 2. The van der Waals surface area contributed by atoms with E-state index in [1.54, 1.807) is 0 Å². The van der Waals surface area contributed by atoms with E-state index in [1.165, 1.54) is 0 Å². The van der Waals surface area contributed by atoms with Gasteiger partial charge in [0.15, 0.2) is 0 Å². The summed E-state index contributed by atoms with van der Waals surface area (Å²) in [5.41, 5.74) is 0. The largest absolute Gasteiger partial charge is 0.392 e. The lowest BCUT2D eigenvalue weighted by molar-refractivity contribution is 0.119. The molecule has 74 valence electrons. The topological polar surface area (TPSA) is 32.3 Å². The van der Waals surface area contributed by atoms with Crippen molar-refractivity contribution in [2.75, 3.05) is 13.1 Å². The van der Waals surface area contributed by atoms with Crippen LogP contribution >= 0.6 is 0 Å². The molecule has 0 amide bonds. The second-order valence-corrected chi connectivity index (χ2v) is 3.33. The summed E-state index contributed by atoms with van der Waals surface area (Å²) in [5, 5.41) is 11.7. The predicted molar refractivity (Wildman–Crippen MR) is 44.3 cm³/mol. The van der Waals surface area contributed by atoms with Gasteiger partial charge >= 0.3 is 0 Å². The molecule has 0 saturated carbocycles. The van der Waals surface area contributed by atoms with Crippen molar-refractivity contribution in [1.29, 1.82) is 0 Å². The van der Waals surface area contributed by atoms with Crippen LogP contribution in [0, 0.1) is 5.92 Å². The van der Waals surface area contributed by atoms with Gasteiger partial charge in [-0.3, -0.25) is 0 Å². The summed E-state index contributed by atoms with van der Waals surface area (Å²) in [7, 11) is 0. The van der Waals surface area contributed by atoms with Crippen LogP contribution in [0.4, 0.5) is 8.78 Å². The van der Waals surface area contributed by atoms with E-state index >= 15 is 0 Å². The molecule has 12 heavy (non-hydrogen) atoms. The molecule has 0 fully saturated rings. The fraction of sp³-hybridized carbons (Fsp3) is 1.00. The molecule has 1 atom stereocenters. The van der Waals surface area contributed by atoms with E-state index in [1.807, 2.05) is 13.8 Å².